The van der Waals surface area contributed by atoms with Crippen LogP contribution in [0.2, 0.25) is 5.02 Å². The lowest BCUT2D eigenvalue weighted by Gasteiger charge is -2.09. The summed E-state index contributed by atoms with van der Waals surface area (Å²) in [6.45, 7) is 1.91. The van der Waals surface area contributed by atoms with E-state index in [0.717, 1.165) is 21.8 Å². The third-order valence-corrected chi connectivity index (χ3v) is 4.56. The Balaban J connectivity index is 1.95. The van der Waals surface area contributed by atoms with Crippen LogP contribution in [0.5, 0.6) is 0 Å². The molecular formula is C14H13ClN4OS. The Labute approximate surface area is 131 Å². The first kappa shape index (κ1) is 14.3. The van der Waals surface area contributed by atoms with Crippen LogP contribution in [0.15, 0.2) is 34.4 Å². The molecule has 2 heterocycles. The van der Waals surface area contributed by atoms with Crippen LogP contribution in [0, 0.1) is 6.92 Å². The number of nitrogens with one attached hydrogen (secondary N) is 2. The normalized spacial score (nSPS) is 16.7. The van der Waals surface area contributed by atoms with Crippen molar-refractivity contribution in [3.05, 3.63) is 40.7 Å². The summed E-state index contributed by atoms with van der Waals surface area (Å²) in [6, 6.07) is 5.16. The van der Waals surface area contributed by atoms with E-state index in [9.17, 15) is 4.79 Å². The van der Waals surface area contributed by atoms with Crippen LogP contribution in [-0.4, -0.2) is 22.9 Å². The van der Waals surface area contributed by atoms with Gasteiger partial charge in [-0.15, -0.1) is 0 Å². The van der Waals surface area contributed by atoms with Crippen LogP contribution in [0.1, 0.15) is 17.3 Å². The maximum atomic E-state index is 11.8. The molecule has 0 aliphatic carbocycles. The summed E-state index contributed by atoms with van der Waals surface area (Å²) in [5.74, 6) is -0.0717. The molecule has 0 saturated carbocycles. The molecule has 1 amide bonds. The molecule has 3 rings (SSSR count). The highest BCUT2D eigenvalue weighted by atomic mass is 35.5. The standard InChI is InChI=1S/C14H13ClN4OS/c1-7-3-4-17-14(18-7)21-11-6-10-8(5-9(11)15)12(16-2)13(20)19-10/h3-6,12,16H,1-2H3,(H,19,20). The number of carbonyl (C=O) groups is 1. The monoisotopic (exact) mass is 320 g/mol. The van der Waals surface area contributed by atoms with Gasteiger partial charge in [-0.05, 0) is 43.9 Å². The highest BCUT2D eigenvalue weighted by molar-refractivity contribution is 7.99. The van der Waals surface area contributed by atoms with Gasteiger partial charge in [-0.1, -0.05) is 11.6 Å². The fourth-order valence-corrected chi connectivity index (χ4v) is 3.32. The van der Waals surface area contributed by atoms with E-state index in [2.05, 4.69) is 20.6 Å². The van der Waals surface area contributed by atoms with E-state index in [-0.39, 0.29) is 11.9 Å². The Kier molecular flexibility index (Phi) is 3.84. The summed E-state index contributed by atoms with van der Waals surface area (Å²) < 4.78 is 0. The molecule has 0 spiro atoms. The first-order chi connectivity index (χ1) is 10.1. The largest absolute Gasteiger partial charge is 0.324 e. The molecule has 1 aliphatic heterocycles. The molecule has 0 saturated heterocycles. The van der Waals surface area contributed by atoms with Gasteiger partial charge in [-0.3, -0.25) is 4.79 Å². The van der Waals surface area contributed by atoms with Gasteiger partial charge in [0.15, 0.2) is 5.16 Å². The number of fused-ring (bicyclic) bond motifs is 1. The van der Waals surface area contributed by atoms with Crippen molar-refractivity contribution in [2.24, 2.45) is 0 Å². The molecule has 1 atom stereocenters. The molecule has 1 aliphatic rings. The maximum absolute atomic E-state index is 11.8. The number of benzene rings is 1. The molecule has 2 N–H and O–H groups in total. The molecule has 1 aromatic heterocycles. The Morgan fingerprint density at radius 1 is 1.43 bits per heavy atom. The van der Waals surface area contributed by atoms with Gasteiger partial charge in [0, 0.05) is 28.0 Å². The number of aromatic nitrogens is 2. The number of likely N-dealkylation sites (N-methyl/N-ethyl adjacent to an activating group) is 1. The van der Waals surface area contributed by atoms with Crippen molar-refractivity contribution in [3.8, 4) is 0 Å². The summed E-state index contributed by atoms with van der Waals surface area (Å²) in [6.07, 6.45) is 1.71. The second kappa shape index (κ2) is 5.63. The number of aryl methyl sites for hydroxylation is 1. The zero-order valence-electron chi connectivity index (χ0n) is 11.5. The molecule has 21 heavy (non-hydrogen) atoms. The Hall–Kier alpha value is -1.63. The zero-order chi connectivity index (χ0) is 15.0. The van der Waals surface area contributed by atoms with Gasteiger partial charge in [0.05, 0.1) is 5.02 Å². The summed E-state index contributed by atoms with van der Waals surface area (Å²) in [4.78, 5) is 21.2. The second-order valence-electron chi connectivity index (χ2n) is 4.66. The van der Waals surface area contributed by atoms with E-state index in [1.165, 1.54) is 11.8 Å². The first-order valence-corrected chi connectivity index (χ1v) is 7.57. The summed E-state index contributed by atoms with van der Waals surface area (Å²) in [5.41, 5.74) is 2.54. The van der Waals surface area contributed by atoms with Gasteiger partial charge >= 0.3 is 0 Å². The molecular weight excluding hydrogens is 308 g/mol. The number of halogens is 1. The molecule has 7 heteroatoms. The average molecular weight is 321 g/mol. The summed E-state index contributed by atoms with van der Waals surface area (Å²) >= 11 is 7.70. The highest BCUT2D eigenvalue weighted by Gasteiger charge is 2.30. The molecule has 1 aromatic carbocycles. The first-order valence-electron chi connectivity index (χ1n) is 6.37. The van der Waals surface area contributed by atoms with Crippen LogP contribution >= 0.6 is 23.4 Å². The number of anilines is 1. The third-order valence-electron chi connectivity index (χ3n) is 3.20. The lowest BCUT2D eigenvalue weighted by Crippen LogP contribution is -2.23. The number of rotatable bonds is 3. The minimum absolute atomic E-state index is 0.0717. The zero-order valence-corrected chi connectivity index (χ0v) is 13.0. The van der Waals surface area contributed by atoms with Crippen LogP contribution in [0.4, 0.5) is 5.69 Å². The van der Waals surface area contributed by atoms with Crippen molar-refractivity contribution in [3.63, 3.8) is 0 Å². The Morgan fingerprint density at radius 2 is 2.24 bits per heavy atom. The van der Waals surface area contributed by atoms with Crippen molar-refractivity contribution in [2.45, 2.75) is 23.0 Å². The number of hydrogen-bond acceptors (Lipinski definition) is 5. The lowest BCUT2D eigenvalue weighted by atomic mass is 10.1. The van der Waals surface area contributed by atoms with Gasteiger partial charge in [0.2, 0.25) is 5.91 Å². The van der Waals surface area contributed by atoms with E-state index >= 15 is 0 Å². The van der Waals surface area contributed by atoms with E-state index in [0.29, 0.717) is 10.2 Å². The van der Waals surface area contributed by atoms with Crippen LogP contribution < -0.4 is 10.6 Å². The quantitative estimate of drug-likeness (QED) is 0.851. The van der Waals surface area contributed by atoms with Crippen molar-refractivity contribution < 1.29 is 4.79 Å². The summed E-state index contributed by atoms with van der Waals surface area (Å²) in [5, 5.41) is 7.04. The van der Waals surface area contributed by atoms with Gasteiger partial charge in [-0.2, -0.15) is 0 Å². The molecule has 2 aromatic rings. The van der Waals surface area contributed by atoms with Crippen LogP contribution in [-0.2, 0) is 4.79 Å². The second-order valence-corrected chi connectivity index (χ2v) is 6.08. The van der Waals surface area contributed by atoms with Gasteiger partial charge < -0.3 is 10.6 Å². The number of carbonyl (C=O) groups excluding carboxylic acids is 1. The van der Waals surface area contributed by atoms with Crippen molar-refractivity contribution in [2.75, 3.05) is 12.4 Å². The van der Waals surface area contributed by atoms with Crippen molar-refractivity contribution in [1.29, 1.82) is 0 Å². The molecule has 0 bridgehead atoms. The van der Waals surface area contributed by atoms with Crippen molar-refractivity contribution >= 4 is 35.0 Å². The third kappa shape index (κ3) is 2.74. The van der Waals surface area contributed by atoms with Crippen molar-refractivity contribution in [1.82, 2.24) is 15.3 Å². The Morgan fingerprint density at radius 3 is 2.95 bits per heavy atom. The smallest absolute Gasteiger partial charge is 0.246 e. The predicted molar refractivity (Wildman–Crippen MR) is 82.8 cm³/mol. The minimum Gasteiger partial charge on any atom is -0.324 e. The lowest BCUT2D eigenvalue weighted by molar-refractivity contribution is -0.117. The topological polar surface area (TPSA) is 66.9 Å². The fraction of sp³-hybridized carbons (Fsp3) is 0.214. The van der Waals surface area contributed by atoms with E-state index in [1.54, 1.807) is 13.2 Å². The Bertz CT molecular complexity index is 722. The average Bonchev–Trinajstić information content (AvgIpc) is 2.74. The molecule has 0 radical (unpaired) electrons. The van der Waals surface area contributed by atoms with Gasteiger partial charge in [-0.25, -0.2) is 9.97 Å². The highest BCUT2D eigenvalue weighted by Crippen LogP contribution is 2.40. The van der Waals surface area contributed by atoms with Crippen LogP contribution in [0.25, 0.3) is 0 Å². The fourth-order valence-electron chi connectivity index (χ4n) is 2.20. The van der Waals surface area contributed by atoms with E-state index < -0.39 is 0 Å². The predicted octanol–water partition coefficient (Wildman–Crippen LogP) is 2.80. The minimum atomic E-state index is -0.355. The molecule has 0 fully saturated rings. The molecule has 5 nitrogen and oxygen atoms in total. The SMILES string of the molecule is CNC1C(=O)Nc2cc(Sc3nccc(C)n3)c(Cl)cc21. The molecule has 1 unspecified atom stereocenters. The van der Waals surface area contributed by atoms with Gasteiger partial charge in [0.25, 0.3) is 0 Å². The molecule has 108 valence electrons. The number of hydrogen-bond donors (Lipinski definition) is 2. The van der Waals surface area contributed by atoms with Gasteiger partial charge in [0.1, 0.15) is 6.04 Å². The maximum Gasteiger partial charge on any atom is 0.246 e. The van der Waals surface area contributed by atoms with Crippen LogP contribution in [0.3, 0.4) is 0 Å². The number of nitrogens with zero attached hydrogens (tertiary/aromatic N) is 2. The number of amides is 1. The summed E-state index contributed by atoms with van der Waals surface area (Å²) in [7, 11) is 1.75. The van der Waals surface area contributed by atoms with E-state index in [4.69, 9.17) is 11.6 Å². The van der Waals surface area contributed by atoms with E-state index in [1.807, 2.05) is 25.1 Å².